The summed E-state index contributed by atoms with van der Waals surface area (Å²) in [6.07, 6.45) is 1.05. The fourth-order valence-electron chi connectivity index (χ4n) is 1.33. The second-order valence-electron chi connectivity index (χ2n) is 2.85. The molecule has 3 N–H and O–H groups in total. The fraction of sp³-hybridized carbons (Fsp3) is 0.857. The highest BCUT2D eigenvalue weighted by molar-refractivity contribution is 5.66. The largest absolute Gasteiger partial charge is 0.481 e. The van der Waals surface area contributed by atoms with Gasteiger partial charge in [-0.15, -0.1) is 0 Å². The second-order valence-corrected chi connectivity index (χ2v) is 2.85. The lowest BCUT2D eigenvalue weighted by atomic mass is 10.1. The smallest absolute Gasteiger partial charge is 0.303 e. The first kappa shape index (κ1) is 8.49. The van der Waals surface area contributed by atoms with Crippen molar-refractivity contribution in [2.45, 2.75) is 31.4 Å². The third-order valence-electron chi connectivity index (χ3n) is 1.98. The van der Waals surface area contributed by atoms with Gasteiger partial charge in [0.2, 0.25) is 0 Å². The van der Waals surface area contributed by atoms with Crippen molar-refractivity contribution in [3.05, 3.63) is 0 Å². The van der Waals surface area contributed by atoms with Crippen LogP contribution in [0.3, 0.4) is 0 Å². The summed E-state index contributed by atoms with van der Waals surface area (Å²) in [6, 6.07) is -0.00824. The van der Waals surface area contributed by atoms with Crippen molar-refractivity contribution in [1.82, 2.24) is 5.32 Å². The summed E-state index contributed by atoms with van der Waals surface area (Å²) in [5, 5.41) is 20.6. The first-order valence-electron chi connectivity index (χ1n) is 3.83. The zero-order chi connectivity index (χ0) is 8.27. The van der Waals surface area contributed by atoms with E-state index in [0.717, 1.165) is 13.0 Å². The normalized spacial score (nSPS) is 30.6. The van der Waals surface area contributed by atoms with Gasteiger partial charge in [0.05, 0.1) is 6.10 Å². The number of carbonyl (C=O) groups is 1. The Morgan fingerprint density at radius 2 is 2.36 bits per heavy atom. The van der Waals surface area contributed by atoms with Gasteiger partial charge in [0.15, 0.2) is 0 Å². The molecule has 0 aromatic heterocycles. The van der Waals surface area contributed by atoms with E-state index in [1.54, 1.807) is 0 Å². The quantitative estimate of drug-likeness (QED) is 0.523. The topological polar surface area (TPSA) is 69.6 Å². The van der Waals surface area contributed by atoms with Crippen LogP contribution in [0, 0.1) is 0 Å². The molecule has 64 valence electrons. The average Bonchev–Trinajstić information content (AvgIpc) is 2.31. The summed E-state index contributed by atoms with van der Waals surface area (Å²) in [4.78, 5) is 10.2. The van der Waals surface area contributed by atoms with E-state index in [9.17, 15) is 9.90 Å². The monoisotopic (exact) mass is 159 g/mol. The maximum Gasteiger partial charge on any atom is 0.303 e. The Morgan fingerprint density at radius 3 is 2.82 bits per heavy atom. The van der Waals surface area contributed by atoms with Crippen LogP contribution in [0.5, 0.6) is 0 Å². The van der Waals surface area contributed by atoms with Gasteiger partial charge in [-0.3, -0.25) is 4.79 Å². The van der Waals surface area contributed by atoms with Crippen LogP contribution in [0.25, 0.3) is 0 Å². The summed E-state index contributed by atoms with van der Waals surface area (Å²) in [6.45, 7) is 0.797. The number of carboxylic acid groups (broad SMARTS) is 1. The molecule has 2 atom stereocenters. The lowest BCUT2D eigenvalue weighted by Crippen LogP contribution is -2.30. The fourth-order valence-corrected chi connectivity index (χ4v) is 1.33. The highest BCUT2D eigenvalue weighted by Crippen LogP contribution is 2.11. The van der Waals surface area contributed by atoms with Crippen LogP contribution in [-0.2, 0) is 4.79 Å². The predicted octanol–water partition coefficient (Wildman–Crippen LogP) is -0.426. The highest BCUT2D eigenvalue weighted by atomic mass is 16.4. The molecule has 4 nitrogen and oxygen atoms in total. The summed E-state index contributed by atoms with van der Waals surface area (Å²) >= 11 is 0. The molecule has 0 aromatic rings. The van der Waals surface area contributed by atoms with Crippen molar-refractivity contribution in [2.24, 2.45) is 0 Å². The summed E-state index contributed by atoms with van der Waals surface area (Å²) in [5.41, 5.74) is 0. The zero-order valence-corrected chi connectivity index (χ0v) is 6.29. The second kappa shape index (κ2) is 3.69. The molecule has 0 spiro atoms. The van der Waals surface area contributed by atoms with Crippen molar-refractivity contribution in [3.63, 3.8) is 0 Å². The Kier molecular flexibility index (Phi) is 2.84. The third-order valence-corrected chi connectivity index (χ3v) is 1.98. The molecule has 1 aliphatic heterocycles. The molecule has 0 radical (unpaired) electrons. The summed E-state index contributed by atoms with van der Waals surface area (Å²) in [5.74, 6) is -0.800. The Hall–Kier alpha value is -0.610. The van der Waals surface area contributed by atoms with Gasteiger partial charge in [0.1, 0.15) is 0 Å². The maximum atomic E-state index is 10.2. The van der Waals surface area contributed by atoms with Crippen molar-refractivity contribution < 1.29 is 15.0 Å². The molecule has 0 amide bonds. The summed E-state index contributed by atoms with van der Waals surface area (Å²) in [7, 11) is 0. The molecule has 0 unspecified atom stereocenters. The number of aliphatic carboxylic acids is 1. The molecule has 4 heteroatoms. The third kappa shape index (κ3) is 2.48. The van der Waals surface area contributed by atoms with Gasteiger partial charge in [-0.1, -0.05) is 0 Å². The van der Waals surface area contributed by atoms with Crippen molar-refractivity contribution in [2.75, 3.05) is 6.54 Å². The van der Waals surface area contributed by atoms with Gasteiger partial charge in [-0.25, -0.2) is 0 Å². The van der Waals surface area contributed by atoms with Crippen LogP contribution in [0.4, 0.5) is 0 Å². The van der Waals surface area contributed by atoms with Crippen LogP contribution in [-0.4, -0.2) is 34.9 Å². The zero-order valence-electron chi connectivity index (χ0n) is 6.29. The van der Waals surface area contributed by atoms with E-state index in [1.165, 1.54) is 0 Å². The number of hydrogen-bond acceptors (Lipinski definition) is 3. The highest BCUT2D eigenvalue weighted by Gasteiger charge is 2.24. The van der Waals surface area contributed by atoms with E-state index in [-0.39, 0.29) is 18.6 Å². The number of hydrogen-bond donors (Lipinski definition) is 3. The van der Waals surface area contributed by atoms with Crippen LogP contribution >= 0.6 is 0 Å². The molecular formula is C7H13NO3. The minimum atomic E-state index is -0.800. The van der Waals surface area contributed by atoms with E-state index < -0.39 is 5.97 Å². The van der Waals surface area contributed by atoms with Crippen LogP contribution < -0.4 is 5.32 Å². The van der Waals surface area contributed by atoms with Gasteiger partial charge in [-0.2, -0.15) is 0 Å². The predicted molar refractivity (Wildman–Crippen MR) is 39.3 cm³/mol. The molecule has 0 aromatic carbocycles. The van der Waals surface area contributed by atoms with Crippen molar-refractivity contribution in [1.29, 1.82) is 0 Å². The number of aliphatic hydroxyl groups is 1. The Morgan fingerprint density at radius 1 is 1.64 bits per heavy atom. The molecule has 1 saturated heterocycles. The van der Waals surface area contributed by atoms with Crippen LogP contribution in [0.2, 0.25) is 0 Å². The van der Waals surface area contributed by atoms with E-state index in [2.05, 4.69) is 5.32 Å². The molecule has 1 rings (SSSR count). The van der Waals surface area contributed by atoms with E-state index in [4.69, 9.17) is 5.11 Å². The standard InChI is InChI=1S/C7H13NO3/c9-6-3-4-8-5(6)1-2-7(10)11/h5-6,8-9H,1-4H2,(H,10,11)/t5-,6+/m1/s1. The van der Waals surface area contributed by atoms with Gasteiger partial charge >= 0.3 is 5.97 Å². The molecule has 11 heavy (non-hydrogen) atoms. The SMILES string of the molecule is O=C(O)CC[C@H]1NCC[C@@H]1O. The first-order chi connectivity index (χ1) is 5.20. The lowest BCUT2D eigenvalue weighted by Gasteiger charge is -2.12. The maximum absolute atomic E-state index is 10.2. The van der Waals surface area contributed by atoms with E-state index in [0.29, 0.717) is 6.42 Å². The van der Waals surface area contributed by atoms with Crippen LogP contribution in [0.15, 0.2) is 0 Å². The molecule has 0 saturated carbocycles. The number of aliphatic hydroxyl groups excluding tert-OH is 1. The molecular weight excluding hydrogens is 146 g/mol. The molecule has 1 heterocycles. The summed E-state index contributed by atoms with van der Waals surface area (Å²) < 4.78 is 0. The van der Waals surface area contributed by atoms with Gasteiger partial charge in [0.25, 0.3) is 0 Å². The molecule has 0 bridgehead atoms. The Balaban J connectivity index is 2.20. The van der Waals surface area contributed by atoms with Gasteiger partial charge in [0, 0.05) is 12.5 Å². The van der Waals surface area contributed by atoms with Crippen molar-refractivity contribution >= 4 is 5.97 Å². The van der Waals surface area contributed by atoms with Gasteiger partial charge in [-0.05, 0) is 19.4 Å². The minimum Gasteiger partial charge on any atom is -0.481 e. The molecule has 0 aliphatic carbocycles. The van der Waals surface area contributed by atoms with E-state index in [1.807, 2.05) is 0 Å². The molecule has 1 aliphatic rings. The minimum absolute atomic E-state index is 0.00824. The lowest BCUT2D eigenvalue weighted by molar-refractivity contribution is -0.137. The number of carboxylic acids is 1. The van der Waals surface area contributed by atoms with E-state index >= 15 is 0 Å². The molecule has 1 fully saturated rings. The number of nitrogens with one attached hydrogen (secondary N) is 1. The number of rotatable bonds is 3. The van der Waals surface area contributed by atoms with Crippen LogP contribution in [0.1, 0.15) is 19.3 Å². The van der Waals surface area contributed by atoms with Gasteiger partial charge < -0.3 is 15.5 Å². The average molecular weight is 159 g/mol. The first-order valence-corrected chi connectivity index (χ1v) is 3.83. The Labute approximate surface area is 65.2 Å². The Bertz CT molecular complexity index is 149. The van der Waals surface area contributed by atoms with Crippen molar-refractivity contribution in [3.8, 4) is 0 Å².